The van der Waals surface area contributed by atoms with E-state index in [1.165, 1.54) is 11.1 Å². The number of hydrogen-bond donors (Lipinski definition) is 1. The van der Waals surface area contributed by atoms with E-state index in [9.17, 15) is 0 Å². The highest BCUT2D eigenvalue weighted by Crippen LogP contribution is 2.30. The molecule has 14 heavy (non-hydrogen) atoms. The van der Waals surface area contributed by atoms with Gasteiger partial charge in [-0.1, -0.05) is 35.9 Å². The maximum atomic E-state index is 7.72. The Morgan fingerprint density at radius 2 is 1.86 bits per heavy atom. The molecule has 0 aliphatic heterocycles. The van der Waals surface area contributed by atoms with Gasteiger partial charge in [-0.15, -0.1) is 0 Å². The van der Waals surface area contributed by atoms with Gasteiger partial charge < -0.3 is 5.41 Å². The first-order chi connectivity index (χ1) is 6.75. The van der Waals surface area contributed by atoms with Crippen molar-refractivity contribution in [1.82, 2.24) is 0 Å². The third kappa shape index (κ3) is 1.92. The maximum Gasteiger partial charge on any atom is 0.0319 e. The smallest absolute Gasteiger partial charge is 0.0319 e. The van der Waals surface area contributed by atoms with Crippen molar-refractivity contribution in [3.05, 3.63) is 47.5 Å². The summed E-state index contributed by atoms with van der Waals surface area (Å²) in [6.45, 7) is 2.11. The largest absolute Gasteiger partial charge is 0.305 e. The van der Waals surface area contributed by atoms with Crippen LogP contribution in [0.5, 0.6) is 0 Å². The second-order valence-corrected chi connectivity index (χ2v) is 4.03. The molecule has 1 heteroatoms. The first-order valence-corrected chi connectivity index (χ1v) is 5.05. The van der Waals surface area contributed by atoms with Crippen molar-refractivity contribution in [3.63, 3.8) is 0 Å². The Hall–Kier alpha value is -1.37. The molecule has 0 bridgehead atoms. The fraction of sp³-hybridized carbons (Fsp3) is 0.308. The SMILES string of the molecule is CC1=CC(=N)CC(c2ccccc2)C1. The predicted octanol–water partition coefficient (Wildman–Crippen LogP) is 3.53. The quantitative estimate of drug-likeness (QED) is 0.692. The van der Waals surface area contributed by atoms with E-state index in [0.717, 1.165) is 18.6 Å². The van der Waals surface area contributed by atoms with Crippen LogP contribution in [0, 0.1) is 5.41 Å². The maximum absolute atomic E-state index is 7.72. The van der Waals surface area contributed by atoms with E-state index >= 15 is 0 Å². The van der Waals surface area contributed by atoms with E-state index in [-0.39, 0.29) is 0 Å². The normalized spacial score (nSPS) is 21.9. The van der Waals surface area contributed by atoms with Crippen LogP contribution in [-0.2, 0) is 0 Å². The molecule has 1 atom stereocenters. The Labute approximate surface area is 85.0 Å². The van der Waals surface area contributed by atoms with E-state index in [4.69, 9.17) is 5.41 Å². The lowest BCUT2D eigenvalue weighted by molar-refractivity contribution is 0.694. The van der Waals surface area contributed by atoms with Crippen molar-refractivity contribution in [2.75, 3.05) is 0 Å². The average molecular weight is 185 g/mol. The third-order valence-corrected chi connectivity index (χ3v) is 2.73. The molecule has 0 saturated carbocycles. The van der Waals surface area contributed by atoms with Crippen molar-refractivity contribution in [3.8, 4) is 0 Å². The number of allylic oxidation sites excluding steroid dienone is 2. The predicted molar refractivity (Wildman–Crippen MR) is 59.9 cm³/mol. The van der Waals surface area contributed by atoms with Crippen LogP contribution in [0.2, 0.25) is 0 Å². The highest BCUT2D eigenvalue weighted by atomic mass is 14.4. The minimum atomic E-state index is 0.522. The lowest BCUT2D eigenvalue weighted by Crippen LogP contribution is -2.10. The van der Waals surface area contributed by atoms with Gasteiger partial charge in [0.2, 0.25) is 0 Å². The molecular weight excluding hydrogens is 170 g/mol. The van der Waals surface area contributed by atoms with E-state index < -0.39 is 0 Å². The monoisotopic (exact) mass is 185 g/mol. The highest BCUT2D eigenvalue weighted by Gasteiger charge is 2.17. The standard InChI is InChI=1S/C13H15N/c1-10-7-12(9-13(14)8-10)11-5-3-2-4-6-11/h2-6,8,12,14H,7,9H2,1H3. The van der Waals surface area contributed by atoms with Gasteiger partial charge in [0.05, 0.1) is 0 Å². The van der Waals surface area contributed by atoms with Gasteiger partial charge in [-0.3, -0.25) is 0 Å². The Morgan fingerprint density at radius 1 is 1.14 bits per heavy atom. The van der Waals surface area contributed by atoms with Crippen molar-refractivity contribution in [2.24, 2.45) is 0 Å². The fourth-order valence-corrected chi connectivity index (χ4v) is 2.10. The van der Waals surface area contributed by atoms with Gasteiger partial charge in [0.1, 0.15) is 0 Å². The Kier molecular flexibility index (Phi) is 2.49. The molecule has 1 aromatic rings. The molecule has 0 saturated heterocycles. The Morgan fingerprint density at radius 3 is 2.50 bits per heavy atom. The van der Waals surface area contributed by atoms with Crippen LogP contribution in [0.4, 0.5) is 0 Å². The van der Waals surface area contributed by atoms with Crippen molar-refractivity contribution < 1.29 is 0 Å². The fourth-order valence-electron chi connectivity index (χ4n) is 2.10. The number of benzene rings is 1. The summed E-state index contributed by atoms with van der Waals surface area (Å²) in [5, 5.41) is 7.72. The molecule has 0 fully saturated rings. The molecule has 1 unspecified atom stereocenters. The molecule has 72 valence electrons. The van der Waals surface area contributed by atoms with Gasteiger partial charge in [0, 0.05) is 5.71 Å². The number of rotatable bonds is 1. The zero-order valence-corrected chi connectivity index (χ0v) is 8.46. The summed E-state index contributed by atoms with van der Waals surface area (Å²) in [5.41, 5.74) is 3.46. The zero-order chi connectivity index (χ0) is 9.97. The third-order valence-electron chi connectivity index (χ3n) is 2.73. The molecule has 0 heterocycles. The minimum Gasteiger partial charge on any atom is -0.305 e. The highest BCUT2D eigenvalue weighted by molar-refractivity contribution is 5.94. The second-order valence-electron chi connectivity index (χ2n) is 4.03. The van der Waals surface area contributed by atoms with Crippen molar-refractivity contribution >= 4 is 5.71 Å². The van der Waals surface area contributed by atoms with Crippen LogP contribution in [0.25, 0.3) is 0 Å². The Bertz CT molecular complexity index is 362. The lowest BCUT2D eigenvalue weighted by atomic mass is 9.83. The van der Waals surface area contributed by atoms with E-state index in [1.807, 2.05) is 12.1 Å². The molecule has 1 aromatic carbocycles. The Balaban J connectivity index is 2.22. The summed E-state index contributed by atoms with van der Waals surface area (Å²) in [5.74, 6) is 0.522. The molecule has 1 nitrogen and oxygen atoms in total. The summed E-state index contributed by atoms with van der Waals surface area (Å²) < 4.78 is 0. The van der Waals surface area contributed by atoms with Crippen LogP contribution >= 0.6 is 0 Å². The molecule has 0 aromatic heterocycles. The van der Waals surface area contributed by atoms with Crippen LogP contribution in [0.1, 0.15) is 31.2 Å². The lowest BCUT2D eigenvalue weighted by Gasteiger charge is -2.21. The van der Waals surface area contributed by atoms with E-state index in [2.05, 4.69) is 31.2 Å². The molecule has 1 N–H and O–H groups in total. The summed E-state index contributed by atoms with van der Waals surface area (Å²) in [7, 11) is 0. The summed E-state index contributed by atoms with van der Waals surface area (Å²) in [4.78, 5) is 0. The summed E-state index contributed by atoms with van der Waals surface area (Å²) in [6, 6.07) is 10.5. The first kappa shape index (κ1) is 9.20. The van der Waals surface area contributed by atoms with E-state index in [0.29, 0.717) is 5.92 Å². The molecule has 0 radical (unpaired) electrons. The molecule has 0 spiro atoms. The van der Waals surface area contributed by atoms with Crippen LogP contribution in [0.3, 0.4) is 0 Å². The average Bonchev–Trinajstić information content (AvgIpc) is 2.18. The molecular formula is C13H15N. The topological polar surface area (TPSA) is 23.9 Å². The van der Waals surface area contributed by atoms with Crippen LogP contribution in [-0.4, -0.2) is 5.71 Å². The van der Waals surface area contributed by atoms with Gasteiger partial charge in [0.15, 0.2) is 0 Å². The second kappa shape index (κ2) is 3.79. The van der Waals surface area contributed by atoms with Gasteiger partial charge in [0.25, 0.3) is 0 Å². The molecule has 1 aliphatic carbocycles. The minimum absolute atomic E-state index is 0.522. The zero-order valence-electron chi connectivity index (χ0n) is 8.46. The van der Waals surface area contributed by atoms with Crippen LogP contribution in [0.15, 0.2) is 42.0 Å². The van der Waals surface area contributed by atoms with Gasteiger partial charge in [-0.25, -0.2) is 0 Å². The van der Waals surface area contributed by atoms with Gasteiger partial charge >= 0.3 is 0 Å². The van der Waals surface area contributed by atoms with Crippen molar-refractivity contribution in [2.45, 2.75) is 25.7 Å². The summed E-state index contributed by atoms with van der Waals surface area (Å²) in [6.07, 6.45) is 3.99. The van der Waals surface area contributed by atoms with E-state index in [1.54, 1.807) is 0 Å². The summed E-state index contributed by atoms with van der Waals surface area (Å²) >= 11 is 0. The van der Waals surface area contributed by atoms with Gasteiger partial charge in [-0.05, 0) is 37.3 Å². The number of nitrogens with one attached hydrogen (secondary N) is 1. The molecule has 0 amide bonds. The van der Waals surface area contributed by atoms with Crippen LogP contribution < -0.4 is 0 Å². The number of hydrogen-bond acceptors (Lipinski definition) is 1. The first-order valence-electron chi connectivity index (χ1n) is 5.05. The molecule has 1 aliphatic rings. The van der Waals surface area contributed by atoms with Crippen molar-refractivity contribution in [1.29, 1.82) is 5.41 Å². The van der Waals surface area contributed by atoms with Gasteiger partial charge in [-0.2, -0.15) is 0 Å². The molecule has 2 rings (SSSR count).